The van der Waals surface area contributed by atoms with Gasteiger partial charge in [-0.1, -0.05) is 0 Å². The SMILES string of the molecule is CCOc1ccc2cc(C(=O)Nc3[nH]ncc3C(N)=O)[nH]c2c1. The van der Waals surface area contributed by atoms with E-state index in [1.165, 1.54) is 6.20 Å². The smallest absolute Gasteiger partial charge is 0.273 e. The monoisotopic (exact) mass is 313 g/mol. The minimum Gasteiger partial charge on any atom is -0.494 e. The van der Waals surface area contributed by atoms with Gasteiger partial charge in [0.15, 0.2) is 0 Å². The van der Waals surface area contributed by atoms with Crippen molar-refractivity contribution in [2.45, 2.75) is 6.92 Å². The van der Waals surface area contributed by atoms with Gasteiger partial charge in [0.1, 0.15) is 22.8 Å². The number of amides is 2. The molecule has 23 heavy (non-hydrogen) atoms. The number of benzene rings is 1. The minimum atomic E-state index is -0.674. The van der Waals surface area contributed by atoms with Gasteiger partial charge < -0.3 is 20.8 Å². The lowest BCUT2D eigenvalue weighted by Crippen LogP contribution is -2.17. The Morgan fingerprint density at radius 3 is 2.91 bits per heavy atom. The number of carbonyl (C=O) groups excluding carboxylic acids is 2. The fourth-order valence-electron chi connectivity index (χ4n) is 2.23. The van der Waals surface area contributed by atoms with Crippen molar-refractivity contribution in [1.82, 2.24) is 15.2 Å². The fraction of sp³-hybridized carbons (Fsp3) is 0.133. The zero-order valence-electron chi connectivity index (χ0n) is 12.3. The molecule has 0 fully saturated rings. The quantitative estimate of drug-likeness (QED) is 0.571. The third-order valence-corrected chi connectivity index (χ3v) is 3.29. The number of nitrogens with one attached hydrogen (secondary N) is 3. The van der Waals surface area contributed by atoms with E-state index in [-0.39, 0.29) is 11.4 Å². The average molecular weight is 313 g/mol. The van der Waals surface area contributed by atoms with Gasteiger partial charge in [-0.25, -0.2) is 0 Å². The van der Waals surface area contributed by atoms with Crippen LogP contribution in [0.1, 0.15) is 27.8 Å². The summed E-state index contributed by atoms with van der Waals surface area (Å²) in [5.41, 5.74) is 6.45. The van der Waals surface area contributed by atoms with Gasteiger partial charge in [-0.05, 0) is 25.1 Å². The molecular weight excluding hydrogens is 298 g/mol. The molecule has 8 heteroatoms. The highest BCUT2D eigenvalue weighted by Crippen LogP contribution is 2.22. The number of primary amides is 1. The summed E-state index contributed by atoms with van der Waals surface area (Å²) < 4.78 is 5.43. The Kier molecular flexibility index (Phi) is 3.71. The predicted octanol–water partition coefficient (Wildman–Crippen LogP) is 1.64. The zero-order valence-corrected chi connectivity index (χ0v) is 12.3. The van der Waals surface area contributed by atoms with Gasteiger partial charge in [-0.15, -0.1) is 0 Å². The molecule has 0 saturated carbocycles. The van der Waals surface area contributed by atoms with Crippen LogP contribution in [0.4, 0.5) is 5.82 Å². The second-order valence-electron chi connectivity index (χ2n) is 4.84. The molecule has 0 atom stereocenters. The first kappa shape index (κ1) is 14.6. The van der Waals surface area contributed by atoms with Crippen LogP contribution in [0, 0.1) is 0 Å². The molecule has 0 radical (unpaired) electrons. The molecule has 0 aliphatic rings. The van der Waals surface area contributed by atoms with E-state index in [1.54, 1.807) is 6.07 Å². The molecule has 2 aromatic heterocycles. The molecule has 2 amide bonds. The highest BCUT2D eigenvalue weighted by atomic mass is 16.5. The Morgan fingerprint density at radius 1 is 1.35 bits per heavy atom. The van der Waals surface area contributed by atoms with Gasteiger partial charge in [0.25, 0.3) is 11.8 Å². The Morgan fingerprint density at radius 2 is 2.17 bits per heavy atom. The molecule has 8 nitrogen and oxygen atoms in total. The normalized spacial score (nSPS) is 10.7. The number of fused-ring (bicyclic) bond motifs is 1. The highest BCUT2D eigenvalue weighted by Gasteiger charge is 2.16. The van der Waals surface area contributed by atoms with Gasteiger partial charge in [0.2, 0.25) is 0 Å². The first-order valence-electron chi connectivity index (χ1n) is 6.98. The van der Waals surface area contributed by atoms with E-state index in [1.807, 2.05) is 25.1 Å². The summed E-state index contributed by atoms with van der Waals surface area (Å²) in [6.45, 7) is 2.47. The van der Waals surface area contributed by atoms with Crippen molar-refractivity contribution in [2.24, 2.45) is 5.73 Å². The van der Waals surface area contributed by atoms with Crippen molar-refractivity contribution in [3.8, 4) is 5.75 Å². The number of carbonyl (C=O) groups is 2. The number of ether oxygens (including phenoxy) is 1. The molecule has 0 spiro atoms. The minimum absolute atomic E-state index is 0.119. The largest absolute Gasteiger partial charge is 0.494 e. The number of H-pyrrole nitrogens is 2. The predicted molar refractivity (Wildman–Crippen MR) is 84.5 cm³/mol. The van der Waals surface area contributed by atoms with Crippen molar-refractivity contribution in [3.05, 3.63) is 41.7 Å². The second kappa shape index (κ2) is 5.84. The van der Waals surface area contributed by atoms with E-state index in [0.29, 0.717) is 12.3 Å². The number of anilines is 1. The number of nitrogens with two attached hydrogens (primary N) is 1. The highest BCUT2D eigenvalue weighted by molar-refractivity contribution is 6.08. The topological polar surface area (TPSA) is 126 Å². The van der Waals surface area contributed by atoms with Crippen LogP contribution in [0.15, 0.2) is 30.5 Å². The maximum atomic E-state index is 12.3. The van der Waals surface area contributed by atoms with E-state index >= 15 is 0 Å². The molecule has 118 valence electrons. The molecule has 2 heterocycles. The molecule has 5 N–H and O–H groups in total. The van der Waals surface area contributed by atoms with Crippen LogP contribution in [0.5, 0.6) is 5.75 Å². The maximum absolute atomic E-state index is 12.3. The third kappa shape index (κ3) is 2.86. The van der Waals surface area contributed by atoms with Crippen LogP contribution in [0.3, 0.4) is 0 Å². The van der Waals surface area contributed by atoms with Gasteiger partial charge >= 0.3 is 0 Å². The van der Waals surface area contributed by atoms with Crippen molar-refractivity contribution >= 4 is 28.5 Å². The van der Waals surface area contributed by atoms with Crippen molar-refractivity contribution in [2.75, 3.05) is 11.9 Å². The molecule has 3 rings (SSSR count). The van der Waals surface area contributed by atoms with Gasteiger partial charge in [0, 0.05) is 17.0 Å². The molecule has 3 aromatic rings. The van der Waals surface area contributed by atoms with E-state index in [2.05, 4.69) is 20.5 Å². The molecule has 0 saturated heterocycles. The summed E-state index contributed by atoms with van der Waals surface area (Å²) >= 11 is 0. The molecular formula is C15H15N5O3. The number of aromatic amines is 2. The van der Waals surface area contributed by atoms with Crippen LogP contribution in [-0.2, 0) is 0 Å². The first-order valence-corrected chi connectivity index (χ1v) is 6.98. The molecule has 0 unspecified atom stereocenters. The number of aromatic nitrogens is 3. The Hall–Kier alpha value is -3.29. The number of hydrogen-bond acceptors (Lipinski definition) is 4. The Bertz CT molecular complexity index is 880. The standard InChI is InChI=1S/C15H15N5O3/c1-2-23-9-4-3-8-5-12(18-11(8)6-9)15(22)19-14-10(13(16)21)7-17-20-14/h3-7,18H,2H2,1H3,(H2,16,21)(H2,17,19,20,22). The summed E-state index contributed by atoms with van der Waals surface area (Å²) in [4.78, 5) is 26.5. The van der Waals surface area contributed by atoms with Crippen molar-refractivity contribution in [1.29, 1.82) is 0 Å². The zero-order chi connectivity index (χ0) is 16.4. The van der Waals surface area contributed by atoms with E-state index < -0.39 is 11.8 Å². The first-order chi connectivity index (χ1) is 11.1. The summed E-state index contributed by atoms with van der Waals surface area (Å²) in [6, 6.07) is 7.22. The summed E-state index contributed by atoms with van der Waals surface area (Å²) in [5, 5.41) is 9.67. The molecule has 0 aliphatic heterocycles. The van der Waals surface area contributed by atoms with Crippen LogP contribution < -0.4 is 15.8 Å². The van der Waals surface area contributed by atoms with E-state index in [9.17, 15) is 9.59 Å². The maximum Gasteiger partial charge on any atom is 0.273 e. The Labute approximate surface area is 131 Å². The van der Waals surface area contributed by atoms with Gasteiger partial charge in [-0.2, -0.15) is 5.10 Å². The fourth-order valence-corrected chi connectivity index (χ4v) is 2.23. The van der Waals surface area contributed by atoms with Gasteiger partial charge in [-0.3, -0.25) is 14.7 Å². The third-order valence-electron chi connectivity index (χ3n) is 3.29. The second-order valence-corrected chi connectivity index (χ2v) is 4.84. The number of hydrogen-bond donors (Lipinski definition) is 4. The molecule has 1 aromatic carbocycles. The number of rotatable bonds is 5. The van der Waals surface area contributed by atoms with Crippen LogP contribution >= 0.6 is 0 Å². The molecule has 0 bridgehead atoms. The van der Waals surface area contributed by atoms with Crippen LogP contribution in [0.2, 0.25) is 0 Å². The molecule has 0 aliphatic carbocycles. The number of nitrogens with zero attached hydrogens (tertiary/aromatic N) is 1. The van der Waals surface area contributed by atoms with Crippen molar-refractivity contribution < 1.29 is 14.3 Å². The van der Waals surface area contributed by atoms with E-state index in [4.69, 9.17) is 10.5 Å². The van der Waals surface area contributed by atoms with Crippen molar-refractivity contribution in [3.63, 3.8) is 0 Å². The average Bonchev–Trinajstić information content (AvgIpc) is 3.13. The van der Waals surface area contributed by atoms with Crippen LogP contribution in [-0.4, -0.2) is 33.6 Å². The van der Waals surface area contributed by atoms with Gasteiger partial charge in [0.05, 0.1) is 12.8 Å². The van der Waals surface area contributed by atoms with E-state index in [0.717, 1.165) is 16.7 Å². The Balaban J connectivity index is 1.86. The lowest BCUT2D eigenvalue weighted by Gasteiger charge is -2.02. The lowest BCUT2D eigenvalue weighted by atomic mass is 10.2. The summed E-state index contributed by atoms with van der Waals surface area (Å²) in [6.07, 6.45) is 1.26. The lowest BCUT2D eigenvalue weighted by molar-refractivity contribution is 0.100. The summed E-state index contributed by atoms with van der Waals surface area (Å²) in [5.74, 6) is -0.201. The summed E-state index contributed by atoms with van der Waals surface area (Å²) in [7, 11) is 0. The van der Waals surface area contributed by atoms with Crippen LogP contribution in [0.25, 0.3) is 10.9 Å².